The zero-order valence-corrected chi connectivity index (χ0v) is 33.0. The van der Waals surface area contributed by atoms with E-state index in [2.05, 4.69) is 27.7 Å². The van der Waals surface area contributed by atoms with Gasteiger partial charge in [-0.1, -0.05) is 258 Å². The first kappa shape index (κ1) is 49.9. The van der Waals surface area contributed by atoms with Gasteiger partial charge in [0.25, 0.3) is 0 Å². The van der Waals surface area contributed by atoms with E-state index in [4.69, 9.17) is 0 Å². The molecule has 0 fully saturated rings. The van der Waals surface area contributed by atoms with Crippen LogP contribution in [0.15, 0.2) is 0 Å². The zero-order chi connectivity index (χ0) is 32.3. The summed E-state index contributed by atoms with van der Waals surface area (Å²) in [6.45, 7) is 12.4. The molecule has 0 bridgehead atoms. The first-order valence-corrected chi connectivity index (χ1v) is 21.4. The van der Waals surface area contributed by atoms with E-state index in [1.54, 1.807) is 0 Å². The molecule has 0 amide bonds. The molecule has 0 aliphatic carbocycles. The summed E-state index contributed by atoms with van der Waals surface area (Å²) in [4.78, 5) is 0. The first-order chi connectivity index (χ1) is 21.8. The topological polar surface area (TPSA) is 0 Å². The third-order valence-electron chi connectivity index (χ3n) is 9.71. The van der Waals surface area contributed by atoms with Crippen LogP contribution in [-0.4, -0.2) is 0 Å². The van der Waals surface area contributed by atoms with Crippen molar-refractivity contribution in [1.82, 2.24) is 0 Å². The van der Waals surface area contributed by atoms with Crippen molar-refractivity contribution in [3.8, 4) is 0 Å². The van der Waals surface area contributed by atoms with Gasteiger partial charge >= 0.3 is 16.5 Å². The minimum atomic E-state index is 0. The van der Waals surface area contributed by atoms with Crippen molar-refractivity contribution < 1.29 is 16.5 Å². The van der Waals surface area contributed by atoms with E-state index in [1.807, 2.05) is 0 Å². The Morgan fingerprint density at radius 3 is 0.422 bits per heavy atom. The van der Waals surface area contributed by atoms with Crippen molar-refractivity contribution in [2.75, 3.05) is 0 Å². The third kappa shape index (κ3) is 54.2. The molecule has 0 unspecified atom stereocenters. The summed E-state index contributed by atoms with van der Waals surface area (Å²) < 4.78 is 0. The van der Waals surface area contributed by atoms with Gasteiger partial charge in [-0.2, -0.15) is 12.8 Å². The second kappa shape index (κ2) is 51.3. The summed E-state index contributed by atoms with van der Waals surface area (Å²) in [5.41, 5.74) is 0. The molecule has 0 atom stereocenters. The van der Waals surface area contributed by atoms with Crippen LogP contribution < -0.4 is 0 Å². The molecule has 0 saturated heterocycles. The Bertz CT molecular complexity index is 353. The van der Waals surface area contributed by atoms with Gasteiger partial charge < -0.3 is 13.8 Å². The molecule has 0 heterocycles. The monoisotopic (exact) mass is 677 g/mol. The van der Waals surface area contributed by atoms with Gasteiger partial charge in [-0.3, -0.25) is 0 Å². The fourth-order valence-electron chi connectivity index (χ4n) is 6.51. The molecule has 0 aromatic heterocycles. The Balaban J connectivity index is -0.000000767. The van der Waals surface area contributed by atoms with E-state index in [9.17, 15) is 0 Å². The van der Waals surface area contributed by atoms with Crippen LogP contribution in [0.3, 0.4) is 0 Å². The van der Waals surface area contributed by atoms with Crippen LogP contribution in [0.5, 0.6) is 0 Å². The van der Waals surface area contributed by atoms with Crippen LogP contribution in [0, 0.1) is 13.8 Å². The molecule has 0 aromatic rings. The van der Waals surface area contributed by atoms with Crippen LogP contribution in [0.2, 0.25) is 0 Å². The van der Waals surface area contributed by atoms with E-state index in [-0.39, 0.29) is 16.5 Å². The fourth-order valence-corrected chi connectivity index (χ4v) is 6.51. The molecule has 0 radical (unpaired) electrons. The average Bonchev–Trinajstić information content (AvgIpc) is 3.04. The summed E-state index contributed by atoms with van der Waals surface area (Å²) in [5, 5.41) is 0. The first-order valence-electron chi connectivity index (χ1n) is 21.4. The molecule has 1 heteroatoms. The van der Waals surface area contributed by atoms with Gasteiger partial charge in [0.2, 0.25) is 0 Å². The summed E-state index contributed by atoms with van der Waals surface area (Å²) in [5.74, 6) is 0. The van der Waals surface area contributed by atoms with E-state index < -0.39 is 0 Å². The number of hydrogen-bond acceptors (Lipinski definition) is 0. The molecular weight excluding hydrogens is 587 g/mol. The number of unbranched alkanes of at least 4 members (excludes halogenated alkanes) is 38. The van der Waals surface area contributed by atoms with Gasteiger partial charge in [-0.05, 0) is 0 Å². The van der Waals surface area contributed by atoms with Crippen LogP contribution in [-0.2, 0) is 16.5 Å². The minimum absolute atomic E-state index is 0. The molecule has 0 N–H and O–H groups in total. The van der Waals surface area contributed by atoms with Gasteiger partial charge in [0.15, 0.2) is 0 Å². The second-order valence-electron chi connectivity index (χ2n) is 14.4. The van der Waals surface area contributed by atoms with Gasteiger partial charge in [0.1, 0.15) is 0 Å². The standard InChI is InChI=1S/2C22H45.Ni/c2*1-3-5-7-9-11-13-15-17-19-21-22-20-18-16-14-12-10-8-6-4-2;/h2*1,3-22H2,2H3;/q2*-1;+2. The average molecular weight is 678 g/mol. The number of hydrogen-bond donors (Lipinski definition) is 0. The molecular formula is C44H90Ni. The SMILES string of the molecule is [CH2-]CCCCCCCCCCCCCCCCCCCCC.[CH2-]CCCCCCCCCCCCCCCCCCCCC.[Ni+2]. The predicted octanol–water partition coefficient (Wildman–Crippen LogP) is 17.3. The molecule has 0 nitrogen and oxygen atoms in total. The van der Waals surface area contributed by atoms with Crippen LogP contribution in [0.4, 0.5) is 0 Å². The Morgan fingerprint density at radius 1 is 0.200 bits per heavy atom. The van der Waals surface area contributed by atoms with E-state index in [0.29, 0.717) is 0 Å². The van der Waals surface area contributed by atoms with Crippen LogP contribution in [0.1, 0.15) is 271 Å². The Hall–Kier alpha value is 0.494. The summed E-state index contributed by atoms with van der Waals surface area (Å²) in [6.07, 6.45) is 57.6. The van der Waals surface area contributed by atoms with E-state index in [1.165, 1.54) is 244 Å². The van der Waals surface area contributed by atoms with Crippen molar-refractivity contribution >= 4 is 0 Å². The van der Waals surface area contributed by atoms with E-state index in [0.717, 1.165) is 12.8 Å². The predicted molar refractivity (Wildman–Crippen MR) is 207 cm³/mol. The minimum Gasteiger partial charge on any atom is -0.343 e. The smallest absolute Gasteiger partial charge is 0.343 e. The maximum absolute atomic E-state index is 3.90. The maximum atomic E-state index is 3.90. The quantitative estimate of drug-likeness (QED) is 0.0347. The molecule has 276 valence electrons. The summed E-state index contributed by atoms with van der Waals surface area (Å²) >= 11 is 0. The summed E-state index contributed by atoms with van der Waals surface area (Å²) in [6, 6.07) is 0. The molecule has 0 rings (SSSR count). The van der Waals surface area contributed by atoms with Crippen LogP contribution >= 0.6 is 0 Å². The van der Waals surface area contributed by atoms with Gasteiger partial charge in [-0.15, -0.1) is 0 Å². The number of rotatable bonds is 38. The summed E-state index contributed by atoms with van der Waals surface area (Å²) in [7, 11) is 0. The van der Waals surface area contributed by atoms with Gasteiger partial charge in [0, 0.05) is 0 Å². The van der Waals surface area contributed by atoms with E-state index >= 15 is 0 Å². The van der Waals surface area contributed by atoms with Gasteiger partial charge in [-0.25, -0.2) is 0 Å². The molecule has 0 saturated carbocycles. The Kier molecular flexibility index (Phi) is 56.9. The molecule has 0 aliphatic rings. The Labute approximate surface area is 299 Å². The maximum Gasteiger partial charge on any atom is 2.00 e. The van der Waals surface area contributed by atoms with Crippen LogP contribution in [0.25, 0.3) is 0 Å². The van der Waals surface area contributed by atoms with Crippen molar-refractivity contribution in [3.05, 3.63) is 13.8 Å². The van der Waals surface area contributed by atoms with Crippen molar-refractivity contribution in [2.24, 2.45) is 0 Å². The third-order valence-corrected chi connectivity index (χ3v) is 9.71. The molecule has 0 aromatic carbocycles. The molecule has 45 heavy (non-hydrogen) atoms. The molecule has 0 aliphatic heterocycles. The fraction of sp³-hybridized carbons (Fsp3) is 0.955. The van der Waals surface area contributed by atoms with Gasteiger partial charge in [0.05, 0.1) is 0 Å². The zero-order valence-electron chi connectivity index (χ0n) is 32.0. The van der Waals surface area contributed by atoms with Crippen molar-refractivity contribution in [3.63, 3.8) is 0 Å². The second-order valence-corrected chi connectivity index (χ2v) is 14.4. The Morgan fingerprint density at radius 2 is 0.311 bits per heavy atom. The largest absolute Gasteiger partial charge is 2.00 e. The van der Waals surface area contributed by atoms with Crippen molar-refractivity contribution in [1.29, 1.82) is 0 Å². The normalized spacial score (nSPS) is 10.9. The van der Waals surface area contributed by atoms with Crippen molar-refractivity contribution in [2.45, 2.75) is 271 Å². The molecule has 0 spiro atoms.